The summed E-state index contributed by atoms with van der Waals surface area (Å²) in [4.78, 5) is 13.5. The Labute approximate surface area is 248 Å². The molecule has 2 fully saturated rings. The van der Waals surface area contributed by atoms with Crippen molar-refractivity contribution in [3.8, 4) is 0 Å². The van der Waals surface area contributed by atoms with Crippen LogP contribution in [0.15, 0.2) is 41.3 Å². The summed E-state index contributed by atoms with van der Waals surface area (Å²) in [5.41, 5.74) is -3.51. The number of alkyl halides is 6. The Morgan fingerprint density at radius 1 is 0.976 bits per heavy atom. The molecule has 0 radical (unpaired) electrons. The molecule has 0 aromatic heterocycles. The van der Waals surface area contributed by atoms with E-state index in [4.69, 9.17) is 27.9 Å². The minimum absolute atomic E-state index is 0.00332. The highest BCUT2D eigenvalue weighted by Gasteiger charge is 2.41. The van der Waals surface area contributed by atoms with E-state index in [2.05, 4.69) is 0 Å². The summed E-state index contributed by atoms with van der Waals surface area (Å²) in [6.45, 7) is -0.456. The first-order chi connectivity index (χ1) is 19.4. The normalized spacial score (nSPS) is 20.2. The van der Waals surface area contributed by atoms with Crippen LogP contribution >= 0.6 is 23.2 Å². The smallest absolute Gasteiger partial charge is 0.385 e. The van der Waals surface area contributed by atoms with Gasteiger partial charge in [-0.25, -0.2) is 8.42 Å². The molecule has 1 atom stereocenters. The third-order valence-corrected chi connectivity index (χ3v) is 10.3. The van der Waals surface area contributed by atoms with Gasteiger partial charge in [-0.1, -0.05) is 35.3 Å². The van der Waals surface area contributed by atoms with E-state index in [9.17, 15) is 44.7 Å². The van der Waals surface area contributed by atoms with E-state index in [1.54, 1.807) is 0 Å². The van der Waals surface area contributed by atoms with Crippen LogP contribution in [0.1, 0.15) is 42.4 Å². The van der Waals surface area contributed by atoms with Crippen molar-refractivity contribution in [3.05, 3.63) is 63.1 Å². The van der Waals surface area contributed by atoms with Crippen LogP contribution in [0.25, 0.3) is 0 Å². The van der Waals surface area contributed by atoms with Crippen molar-refractivity contribution in [3.63, 3.8) is 0 Å². The number of amides is 1. The lowest BCUT2D eigenvalue weighted by atomic mass is 9.83. The van der Waals surface area contributed by atoms with Crippen LogP contribution in [0.4, 0.5) is 26.3 Å². The number of piperidine rings is 1. The van der Waals surface area contributed by atoms with Crippen LogP contribution in [0.2, 0.25) is 10.0 Å². The highest BCUT2D eigenvalue weighted by atomic mass is 35.5. The Bertz CT molecular complexity index is 1410. The number of carbonyl (C=O) groups is 1. The number of hydrogen-bond acceptors (Lipinski definition) is 5. The summed E-state index contributed by atoms with van der Waals surface area (Å²) in [5.74, 6) is -0.456. The molecule has 2 heterocycles. The quantitative estimate of drug-likeness (QED) is 0.384. The number of halogens is 8. The number of nitrogens with zero attached hydrogens (tertiary/aromatic N) is 2. The number of likely N-dealkylation sites (tertiary alicyclic amines) is 1. The van der Waals surface area contributed by atoms with Gasteiger partial charge >= 0.3 is 12.4 Å². The number of rotatable bonds is 7. The Morgan fingerprint density at radius 3 is 2.14 bits per heavy atom. The van der Waals surface area contributed by atoms with Crippen LogP contribution < -0.4 is 0 Å². The first-order valence-corrected chi connectivity index (χ1v) is 15.0. The van der Waals surface area contributed by atoms with Crippen molar-refractivity contribution < 1.29 is 49.4 Å². The standard InChI is InChI=1S/C26H26Cl2F6N2O5S/c27-20-12-18(26(32,33)34)13-21(28)23(20)42(39,40)36-8-2-5-19(36)14-41-15-22(37)35-9-6-24(38,7-10-35)16-3-1-4-17(11-16)25(29,30)31/h1,3-4,11-13,19,38H,2,5-10,14-15H2. The summed E-state index contributed by atoms with van der Waals surface area (Å²) in [6.07, 6.45) is -8.55. The Kier molecular flexibility index (Phi) is 9.47. The number of ether oxygens (including phenoxy) is 1. The van der Waals surface area contributed by atoms with Crippen molar-refractivity contribution in [2.24, 2.45) is 0 Å². The molecule has 1 amide bonds. The van der Waals surface area contributed by atoms with Crippen molar-refractivity contribution in [1.29, 1.82) is 0 Å². The highest BCUT2D eigenvalue weighted by molar-refractivity contribution is 7.89. The Hall–Kier alpha value is -2.10. The zero-order chi connectivity index (χ0) is 31.1. The molecule has 2 aliphatic heterocycles. The van der Waals surface area contributed by atoms with Gasteiger partial charge in [0.2, 0.25) is 15.9 Å². The van der Waals surface area contributed by atoms with Gasteiger partial charge < -0.3 is 14.7 Å². The molecule has 1 N–H and O–H groups in total. The van der Waals surface area contributed by atoms with Gasteiger partial charge in [0.05, 0.1) is 33.4 Å². The van der Waals surface area contributed by atoms with Crippen molar-refractivity contribution in [1.82, 2.24) is 9.21 Å². The fraction of sp³-hybridized carbons (Fsp3) is 0.500. The lowest BCUT2D eigenvalue weighted by Crippen LogP contribution is -2.46. The maximum absolute atomic E-state index is 13.3. The van der Waals surface area contributed by atoms with Gasteiger partial charge in [-0.05, 0) is 55.5 Å². The van der Waals surface area contributed by atoms with Crippen LogP contribution in [0.3, 0.4) is 0 Å². The number of sulfonamides is 1. The summed E-state index contributed by atoms with van der Waals surface area (Å²) in [6, 6.07) is 4.68. The fourth-order valence-electron chi connectivity index (χ4n) is 5.15. The first-order valence-electron chi connectivity index (χ1n) is 12.8. The van der Waals surface area contributed by atoms with Crippen LogP contribution in [-0.2, 0) is 37.5 Å². The molecule has 232 valence electrons. The molecule has 0 aliphatic carbocycles. The van der Waals surface area contributed by atoms with Gasteiger partial charge in [0, 0.05) is 25.7 Å². The van der Waals surface area contributed by atoms with Crippen molar-refractivity contribution in [2.75, 3.05) is 32.8 Å². The minimum Gasteiger partial charge on any atom is -0.385 e. The third kappa shape index (κ3) is 6.99. The molecule has 2 aliphatic rings. The summed E-state index contributed by atoms with van der Waals surface area (Å²) in [7, 11) is -4.41. The molecule has 0 bridgehead atoms. The number of carbonyl (C=O) groups excluding carboxylic acids is 1. The predicted molar refractivity (Wildman–Crippen MR) is 140 cm³/mol. The maximum atomic E-state index is 13.3. The zero-order valence-corrected chi connectivity index (χ0v) is 24.1. The lowest BCUT2D eigenvalue weighted by Gasteiger charge is -2.38. The van der Waals surface area contributed by atoms with Crippen molar-refractivity contribution in [2.45, 2.75) is 54.6 Å². The van der Waals surface area contributed by atoms with E-state index in [1.165, 1.54) is 17.0 Å². The number of aliphatic hydroxyl groups is 1. The van der Waals surface area contributed by atoms with E-state index in [0.717, 1.165) is 16.4 Å². The Balaban J connectivity index is 1.34. The molecule has 2 saturated heterocycles. The summed E-state index contributed by atoms with van der Waals surface area (Å²) in [5, 5.41) is 9.62. The van der Waals surface area contributed by atoms with Crippen molar-refractivity contribution >= 4 is 39.1 Å². The monoisotopic (exact) mass is 662 g/mol. The average molecular weight is 663 g/mol. The molecule has 2 aromatic carbocycles. The lowest BCUT2D eigenvalue weighted by molar-refractivity contribution is -0.141. The van der Waals surface area contributed by atoms with E-state index in [1.807, 2.05) is 0 Å². The van der Waals surface area contributed by atoms with Gasteiger partial charge in [0.1, 0.15) is 11.5 Å². The fourth-order valence-corrected chi connectivity index (χ4v) is 8.00. The second-order valence-corrected chi connectivity index (χ2v) is 12.8. The van der Waals surface area contributed by atoms with Gasteiger partial charge in [-0.3, -0.25) is 4.79 Å². The van der Waals surface area contributed by atoms with Crippen LogP contribution in [-0.4, -0.2) is 67.5 Å². The molecule has 1 unspecified atom stereocenters. The third-order valence-electron chi connectivity index (χ3n) is 7.42. The molecule has 0 spiro atoms. The van der Waals surface area contributed by atoms with Gasteiger partial charge in [0.15, 0.2) is 0 Å². The van der Waals surface area contributed by atoms with Gasteiger partial charge in [0.25, 0.3) is 0 Å². The van der Waals surface area contributed by atoms with E-state index in [-0.39, 0.29) is 44.6 Å². The number of benzene rings is 2. The average Bonchev–Trinajstić information content (AvgIpc) is 3.37. The maximum Gasteiger partial charge on any atom is 0.416 e. The minimum atomic E-state index is -4.78. The van der Waals surface area contributed by atoms with E-state index in [0.29, 0.717) is 25.0 Å². The van der Waals surface area contributed by atoms with Crippen LogP contribution in [0, 0.1) is 0 Å². The van der Waals surface area contributed by atoms with E-state index >= 15 is 0 Å². The first kappa shape index (κ1) is 32.8. The summed E-state index contributed by atoms with van der Waals surface area (Å²) < 4.78 is 112. The topological polar surface area (TPSA) is 87.2 Å². The SMILES string of the molecule is O=C(COCC1CCCN1S(=O)(=O)c1c(Cl)cc(C(F)(F)F)cc1Cl)N1CCC(O)(c2cccc(C(F)(F)F)c2)CC1. The van der Waals surface area contributed by atoms with Gasteiger partial charge in [-0.15, -0.1) is 0 Å². The predicted octanol–water partition coefficient (Wildman–Crippen LogP) is 5.71. The van der Waals surface area contributed by atoms with Gasteiger partial charge in [-0.2, -0.15) is 30.6 Å². The summed E-state index contributed by atoms with van der Waals surface area (Å²) >= 11 is 11.9. The Morgan fingerprint density at radius 2 is 1.57 bits per heavy atom. The second-order valence-electron chi connectivity index (χ2n) is 10.2. The van der Waals surface area contributed by atoms with Crippen LogP contribution in [0.5, 0.6) is 0 Å². The molecule has 0 saturated carbocycles. The molecule has 2 aromatic rings. The molecule has 16 heteroatoms. The zero-order valence-electron chi connectivity index (χ0n) is 21.8. The molecular weight excluding hydrogens is 637 g/mol. The van der Waals surface area contributed by atoms with E-state index < -0.39 is 72.6 Å². The largest absolute Gasteiger partial charge is 0.416 e. The molecule has 7 nitrogen and oxygen atoms in total. The molecular formula is C26H26Cl2F6N2O5S. The molecule has 4 rings (SSSR count). The number of hydrogen-bond donors (Lipinski definition) is 1. The highest BCUT2D eigenvalue weighted by Crippen LogP contribution is 2.40. The second kappa shape index (κ2) is 12.1. The molecule has 42 heavy (non-hydrogen) atoms.